The number of nitrogens with two attached hydrogens (primary N) is 1. The summed E-state index contributed by atoms with van der Waals surface area (Å²) in [5, 5.41) is 22.6. The lowest BCUT2D eigenvalue weighted by atomic mass is 9.96. The molecule has 1 fully saturated rings. The monoisotopic (exact) mass is 403 g/mol. The minimum absolute atomic E-state index is 0.108. The normalized spacial score (nSPS) is 21.1. The minimum Gasteiger partial charge on any atom is -0.465 e. The first-order valence-corrected chi connectivity index (χ1v) is 8.58. The molecule has 0 radical (unpaired) electrons. The zero-order valence-corrected chi connectivity index (χ0v) is 14.1. The van der Waals surface area contributed by atoms with Crippen molar-refractivity contribution >= 4 is 34.4 Å². The molecule has 2 bridgehead atoms. The molecule has 15 nitrogen and oxygen atoms in total. The van der Waals surface area contributed by atoms with Gasteiger partial charge in [0, 0.05) is 18.2 Å². The van der Waals surface area contributed by atoms with Crippen molar-refractivity contribution in [3.63, 3.8) is 0 Å². The van der Waals surface area contributed by atoms with Crippen LogP contribution in [0.3, 0.4) is 0 Å². The first kappa shape index (κ1) is 18.5. The predicted octanol–water partition coefficient (Wildman–Crippen LogP) is -0.987. The number of carboxylic acid groups (broad SMARTS) is 1. The Bertz CT molecular complexity index is 956. The van der Waals surface area contributed by atoms with Crippen LogP contribution in [0.1, 0.15) is 29.8 Å². The third kappa shape index (κ3) is 3.39. The van der Waals surface area contributed by atoms with E-state index in [-0.39, 0.29) is 24.2 Å². The van der Waals surface area contributed by atoms with Gasteiger partial charge in [-0.2, -0.15) is 23.3 Å². The van der Waals surface area contributed by atoms with Crippen molar-refractivity contribution in [1.29, 1.82) is 5.41 Å². The number of aromatic nitrogens is 2. The first-order chi connectivity index (χ1) is 12.5. The molecule has 3 rings (SSSR count). The maximum Gasteiger partial charge on any atom is 0.418 e. The fourth-order valence-corrected chi connectivity index (χ4v) is 3.40. The molecular formula is C11H13N7O8S. The van der Waals surface area contributed by atoms with Gasteiger partial charge in [-0.05, 0) is 0 Å². The topological polar surface area (TPSA) is 221 Å². The van der Waals surface area contributed by atoms with Gasteiger partial charge in [0.25, 0.3) is 0 Å². The van der Waals surface area contributed by atoms with Gasteiger partial charge in [-0.15, -0.1) is 4.28 Å². The molecular weight excluding hydrogens is 390 g/mol. The van der Waals surface area contributed by atoms with Crippen LogP contribution in [0.2, 0.25) is 0 Å². The molecule has 16 heteroatoms. The average molecular weight is 403 g/mol. The average Bonchev–Trinajstić information content (AvgIpc) is 3.06. The van der Waals surface area contributed by atoms with Crippen LogP contribution < -0.4 is 11.1 Å². The molecule has 2 aliphatic rings. The van der Waals surface area contributed by atoms with E-state index in [0.29, 0.717) is 5.06 Å². The lowest BCUT2D eigenvalue weighted by Gasteiger charge is -2.29. The van der Waals surface area contributed by atoms with E-state index in [9.17, 15) is 22.8 Å². The van der Waals surface area contributed by atoms with Gasteiger partial charge in [-0.25, -0.2) is 14.4 Å². The van der Waals surface area contributed by atoms with Crippen LogP contribution in [0.25, 0.3) is 0 Å². The van der Waals surface area contributed by atoms with Crippen molar-refractivity contribution in [2.45, 2.75) is 18.5 Å². The summed E-state index contributed by atoms with van der Waals surface area (Å²) >= 11 is 0. The summed E-state index contributed by atoms with van der Waals surface area (Å²) in [5.41, 5.74) is 5.48. The van der Waals surface area contributed by atoms with Gasteiger partial charge in [-0.3, -0.25) is 15.3 Å². The lowest BCUT2D eigenvalue weighted by Crippen LogP contribution is -2.39. The number of fused-ring (bicyclic) bond motifs is 4. The van der Waals surface area contributed by atoms with E-state index in [1.165, 1.54) is 6.20 Å². The van der Waals surface area contributed by atoms with Crippen LogP contribution >= 0.6 is 0 Å². The molecule has 6 N–H and O–H groups in total. The molecule has 2 atom stereocenters. The largest absolute Gasteiger partial charge is 0.465 e. The Hall–Kier alpha value is -3.24. The molecule has 4 amide bonds. The number of amidine groups is 1. The summed E-state index contributed by atoms with van der Waals surface area (Å²) in [4.78, 5) is 35.6. The zero-order chi connectivity index (χ0) is 20.1. The number of nitrogens with zero attached hydrogens (tertiary/aromatic N) is 4. The number of hydrogen-bond acceptors (Lipinski definition) is 8. The maximum absolute atomic E-state index is 12.5. The fraction of sp³-hybridized carbons (Fsp3) is 0.364. The van der Waals surface area contributed by atoms with Gasteiger partial charge >= 0.3 is 28.6 Å². The number of rotatable bonds is 4. The van der Waals surface area contributed by atoms with E-state index in [4.69, 9.17) is 20.8 Å². The van der Waals surface area contributed by atoms with Crippen molar-refractivity contribution in [2.24, 2.45) is 5.73 Å². The standard InChI is InChI=1S/C11H13N7O8S/c12-7(14-10(20)21)1-5-8-4(2-17(15-8)9(13)19)6-3-16(5)11(22)18(6)26-27(23,24)25/h2,5-6H,1,3H2,(H2,12,14)(H2,13,19)(H,20,21)(H,23,24,25)/t5-,6-/m1/s1. The van der Waals surface area contributed by atoms with Crippen LogP contribution in [0.5, 0.6) is 0 Å². The van der Waals surface area contributed by atoms with Crippen molar-refractivity contribution in [3.8, 4) is 0 Å². The smallest absolute Gasteiger partial charge is 0.418 e. The van der Waals surface area contributed by atoms with Gasteiger partial charge in [0.2, 0.25) is 0 Å². The highest BCUT2D eigenvalue weighted by Gasteiger charge is 2.52. The van der Waals surface area contributed by atoms with Crippen LogP contribution in [0.15, 0.2) is 6.20 Å². The first-order valence-electron chi connectivity index (χ1n) is 7.21. The molecule has 0 aromatic carbocycles. The van der Waals surface area contributed by atoms with E-state index in [1.54, 1.807) is 0 Å². The molecule has 0 aliphatic carbocycles. The second-order valence-electron chi connectivity index (χ2n) is 5.66. The highest BCUT2D eigenvalue weighted by molar-refractivity contribution is 7.80. The SMILES string of the molecule is N=C(C[C@@H]1c2nn(C(N)=O)cc2[C@H]2CN1C(=O)N2OS(=O)(=O)O)NC(=O)O. The lowest BCUT2D eigenvalue weighted by molar-refractivity contribution is -0.0317. The Balaban J connectivity index is 2.02. The predicted molar refractivity (Wildman–Crippen MR) is 82.8 cm³/mol. The molecule has 0 spiro atoms. The van der Waals surface area contributed by atoms with Crippen LogP contribution in [-0.2, 0) is 14.7 Å². The summed E-state index contributed by atoms with van der Waals surface area (Å²) in [6.07, 6.45) is -0.645. The van der Waals surface area contributed by atoms with E-state index in [0.717, 1.165) is 9.58 Å². The minimum atomic E-state index is -5.02. The number of urea groups is 1. The molecule has 1 aromatic heterocycles. The number of primary amides is 1. The second kappa shape index (κ2) is 6.18. The number of amides is 4. The van der Waals surface area contributed by atoms with Crippen molar-refractivity contribution in [3.05, 3.63) is 17.5 Å². The maximum atomic E-state index is 12.5. The van der Waals surface area contributed by atoms with E-state index in [1.807, 2.05) is 5.32 Å². The summed E-state index contributed by atoms with van der Waals surface area (Å²) in [7, 11) is -5.02. The summed E-state index contributed by atoms with van der Waals surface area (Å²) < 4.78 is 36.1. The summed E-state index contributed by atoms with van der Waals surface area (Å²) in [5.74, 6) is -0.465. The highest BCUT2D eigenvalue weighted by Crippen LogP contribution is 2.44. The third-order valence-electron chi connectivity index (χ3n) is 3.97. The van der Waals surface area contributed by atoms with Crippen LogP contribution in [0.4, 0.5) is 14.4 Å². The Morgan fingerprint density at radius 3 is 2.70 bits per heavy atom. The molecule has 0 saturated carbocycles. The van der Waals surface area contributed by atoms with Crippen molar-refractivity contribution in [2.75, 3.05) is 6.54 Å². The van der Waals surface area contributed by atoms with Crippen molar-refractivity contribution in [1.82, 2.24) is 25.1 Å². The second-order valence-corrected chi connectivity index (χ2v) is 6.66. The van der Waals surface area contributed by atoms with Gasteiger partial charge in [0.1, 0.15) is 11.9 Å². The Morgan fingerprint density at radius 1 is 1.48 bits per heavy atom. The van der Waals surface area contributed by atoms with Crippen LogP contribution in [0, 0.1) is 5.41 Å². The third-order valence-corrected chi connectivity index (χ3v) is 4.31. The Kier molecular flexibility index (Phi) is 4.25. The molecule has 146 valence electrons. The molecule has 1 aromatic rings. The fourth-order valence-electron chi connectivity index (χ4n) is 3.03. The number of hydroxylamine groups is 2. The van der Waals surface area contributed by atoms with E-state index in [2.05, 4.69) is 9.38 Å². The number of carbonyl (C=O) groups excluding carboxylic acids is 2. The number of hydrogen-bond donors (Lipinski definition) is 5. The van der Waals surface area contributed by atoms with Gasteiger partial charge in [0.15, 0.2) is 0 Å². The number of nitrogens with one attached hydrogen (secondary N) is 2. The summed E-state index contributed by atoms with van der Waals surface area (Å²) in [6, 6.07) is -3.94. The molecule has 0 unspecified atom stereocenters. The molecule has 3 heterocycles. The highest BCUT2D eigenvalue weighted by atomic mass is 32.3. The summed E-state index contributed by atoms with van der Waals surface area (Å²) in [6.45, 7) is -0.114. The van der Waals surface area contributed by atoms with E-state index < -0.39 is 46.5 Å². The Labute approximate surface area is 150 Å². The molecule has 1 saturated heterocycles. The molecule has 27 heavy (non-hydrogen) atoms. The number of carbonyl (C=O) groups is 3. The van der Waals surface area contributed by atoms with Gasteiger partial charge < -0.3 is 15.7 Å². The Morgan fingerprint density at radius 2 is 2.15 bits per heavy atom. The van der Waals surface area contributed by atoms with E-state index >= 15 is 0 Å². The van der Waals surface area contributed by atoms with Gasteiger partial charge in [0.05, 0.1) is 18.3 Å². The van der Waals surface area contributed by atoms with Crippen LogP contribution in [-0.4, -0.2) is 68.4 Å². The quantitative estimate of drug-likeness (QED) is 0.236. The van der Waals surface area contributed by atoms with Gasteiger partial charge in [-0.1, -0.05) is 0 Å². The molecule has 2 aliphatic heterocycles. The zero-order valence-electron chi connectivity index (χ0n) is 13.3. The van der Waals surface area contributed by atoms with Crippen molar-refractivity contribution < 1.29 is 36.7 Å².